The molecule has 3 saturated heterocycles. The monoisotopic (exact) mass is 692 g/mol. The van der Waals surface area contributed by atoms with Crippen LogP contribution in [-0.2, 0) is 4.79 Å². The molecule has 3 aliphatic heterocycles. The zero-order valence-corrected chi connectivity index (χ0v) is 28.9. The third kappa shape index (κ3) is 6.02. The van der Waals surface area contributed by atoms with Crippen molar-refractivity contribution in [3.8, 4) is 17.3 Å². The van der Waals surface area contributed by atoms with Crippen molar-refractivity contribution in [2.45, 2.75) is 38.1 Å². The summed E-state index contributed by atoms with van der Waals surface area (Å²) in [5, 5.41) is 2.64. The van der Waals surface area contributed by atoms with E-state index in [1.54, 1.807) is 41.6 Å². The highest BCUT2D eigenvalue weighted by Crippen LogP contribution is 2.40. The summed E-state index contributed by atoms with van der Waals surface area (Å²) in [7, 11) is 1.93. The van der Waals surface area contributed by atoms with E-state index in [9.17, 15) is 4.79 Å². The number of ether oxygens (including phenoxy) is 1. The molecule has 0 spiro atoms. The molecule has 0 aliphatic carbocycles. The van der Waals surface area contributed by atoms with Crippen LogP contribution in [0.15, 0.2) is 60.9 Å². The largest absolute Gasteiger partial charge is 0.461 e. The molecule has 256 valence electrons. The number of aromatic nitrogens is 5. The topological polar surface area (TPSA) is 100 Å². The Bertz CT molecular complexity index is 2120. The molecule has 0 radical (unpaired) electrons. The molecule has 0 bridgehead atoms. The molecule has 50 heavy (non-hydrogen) atoms. The van der Waals surface area contributed by atoms with Crippen LogP contribution in [0.1, 0.15) is 37.2 Å². The maximum Gasteiger partial charge on any atom is 0.319 e. The smallest absolute Gasteiger partial charge is 0.319 e. The van der Waals surface area contributed by atoms with Gasteiger partial charge in [0.2, 0.25) is 5.91 Å². The van der Waals surface area contributed by atoms with E-state index in [0.717, 1.165) is 49.5 Å². The molecule has 5 aromatic rings. The molecule has 8 rings (SSSR count). The van der Waals surface area contributed by atoms with Crippen LogP contribution in [0.25, 0.3) is 39.0 Å². The van der Waals surface area contributed by atoms with Crippen LogP contribution in [0.4, 0.5) is 10.2 Å². The number of nitrogens with zero attached hydrogens (tertiary/aromatic N) is 8. The number of aryl methyl sites for hydroxylation is 1. The van der Waals surface area contributed by atoms with E-state index >= 15 is 4.39 Å². The highest BCUT2D eigenvalue weighted by atomic mass is 35.5. The van der Waals surface area contributed by atoms with Crippen molar-refractivity contribution >= 4 is 51.1 Å². The van der Waals surface area contributed by atoms with Gasteiger partial charge in [0.15, 0.2) is 5.82 Å². The van der Waals surface area contributed by atoms with Gasteiger partial charge in [0, 0.05) is 67.0 Å². The van der Waals surface area contributed by atoms with Crippen molar-refractivity contribution in [1.29, 1.82) is 0 Å². The summed E-state index contributed by atoms with van der Waals surface area (Å²) in [6.45, 7) is 6.22. The number of halogens is 2. The minimum atomic E-state index is -0.551. The molecule has 0 unspecified atom stereocenters. The predicted molar refractivity (Wildman–Crippen MR) is 193 cm³/mol. The first-order valence-electron chi connectivity index (χ1n) is 17.2. The van der Waals surface area contributed by atoms with Crippen LogP contribution in [-0.4, -0.2) is 92.5 Å². The number of pyridine rings is 1. The van der Waals surface area contributed by atoms with E-state index in [1.165, 1.54) is 0 Å². The maximum atomic E-state index is 16.8. The summed E-state index contributed by atoms with van der Waals surface area (Å²) in [4.78, 5) is 41.7. The third-order valence-electron chi connectivity index (χ3n) is 10.4. The summed E-state index contributed by atoms with van der Waals surface area (Å²) in [5.41, 5.74) is 1.59. The lowest BCUT2D eigenvalue weighted by atomic mass is 9.95. The average molecular weight is 693 g/mol. The van der Waals surface area contributed by atoms with Gasteiger partial charge in [-0.15, -0.1) is 0 Å². The molecule has 3 fully saturated rings. The summed E-state index contributed by atoms with van der Waals surface area (Å²) < 4.78 is 23.1. The standard InChI is InChI=1S/C38H38ClFN8O2/c1-24-41-16-13-27(43-24)11-12-31(49)47-21-25(22-47)20-46(2)36-29-19-42-34(28-9-3-7-26-8-4-10-30(39)32(26)28)33(40)35(29)44-37(45-36)50-23-38-14-5-17-48(38)18-6-15-38/h3-4,7-13,16,19,25H,5-6,14-15,17-18,20-23H2,1-2H3/b12-11+. The molecular formula is C38H38ClFN8O2. The molecule has 0 saturated carbocycles. The normalized spacial score (nSPS) is 17.5. The number of fused-ring (bicyclic) bond motifs is 3. The first-order valence-corrected chi connectivity index (χ1v) is 17.6. The lowest BCUT2D eigenvalue weighted by molar-refractivity contribution is -0.131. The summed E-state index contributed by atoms with van der Waals surface area (Å²) in [6, 6.07) is 13.2. The Morgan fingerprint density at radius 3 is 2.64 bits per heavy atom. The van der Waals surface area contributed by atoms with Crippen molar-refractivity contribution in [3.05, 3.63) is 83.3 Å². The van der Waals surface area contributed by atoms with Gasteiger partial charge in [-0.3, -0.25) is 14.7 Å². The number of hydrogen-bond acceptors (Lipinski definition) is 9. The second-order valence-corrected chi connectivity index (χ2v) is 14.1. The van der Waals surface area contributed by atoms with Crippen LogP contribution in [0.3, 0.4) is 0 Å². The molecular weight excluding hydrogens is 655 g/mol. The van der Waals surface area contributed by atoms with Crippen LogP contribution in [0, 0.1) is 18.7 Å². The molecule has 10 nitrogen and oxygen atoms in total. The minimum absolute atomic E-state index is 0.0191. The number of hydrogen-bond donors (Lipinski definition) is 0. The van der Waals surface area contributed by atoms with E-state index in [4.69, 9.17) is 21.3 Å². The van der Waals surface area contributed by atoms with E-state index in [-0.39, 0.29) is 34.6 Å². The van der Waals surface area contributed by atoms with Gasteiger partial charge in [-0.05, 0) is 69.3 Å². The van der Waals surface area contributed by atoms with Crippen molar-refractivity contribution in [2.75, 3.05) is 51.3 Å². The molecule has 2 aromatic carbocycles. The Labute approximate surface area is 295 Å². The molecule has 3 aliphatic rings. The fourth-order valence-electron chi connectivity index (χ4n) is 7.89. The van der Waals surface area contributed by atoms with Crippen LogP contribution >= 0.6 is 11.6 Å². The number of carbonyl (C=O) groups is 1. The first kappa shape index (κ1) is 32.5. The third-order valence-corrected chi connectivity index (χ3v) is 10.7. The van der Waals surface area contributed by atoms with Crippen molar-refractivity contribution in [3.63, 3.8) is 0 Å². The van der Waals surface area contributed by atoms with E-state index in [1.807, 2.05) is 49.2 Å². The van der Waals surface area contributed by atoms with Crippen molar-refractivity contribution < 1.29 is 13.9 Å². The zero-order chi connectivity index (χ0) is 34.4. The second-order valence-electron chi connectivity index (χ2n) is 13.7. The Morgan fingerprint density at radius 2 is 1.86 bits per heavy atom. The number of likely N-dealkylation sites (tertiary alicyclic amines) is 1. The Hall–Kier alpha value is -4.74. The molecule has 0 atom stereocenters. The van der Waals surface area contributed by atoms with E-state index in [2.05, 4.69) is 24.8 Å². The Kier molecular flexibility index (Phi) is 8.56. The lowest BCUT2D eigenvalue weighted by Crippen LogP contribution is -2.53. The van der Waals surface area contributed by atoms with E-state index in [0.29, 0.717) is 59.5 Å². The highest BCUT2D eigenvalue weighted by molar-refractivity contribution is 6.36. The molecule has 3 aromatic heterocycles. The number of carbonyl (C=O) groups excluding carboxylic acids is 1. The minimum Gasteiger partial charge on any atom is -0.461 e. The number of rotatable bonds is 9. The van der Waals surface area contributed by atoms with E-state index < -0.39 is 5.82 Å². The van der Waals surface area contributed by atoms with Gasteiger partial charge in [-0.25, -0.2) is 14.4 Å². The molecule has 0 N–H and O–H groups in total. The lowest BCUT2D eigenvalue weighted by Gasteiger charge is -2.40. The van der Waals surface area contributed by atoms with Crippen molar-refractivity contribution in [1.82, 2.24) is 34.7 Å². The van der Waals surface area contributed by atoms with Gasteiger partial charge in [0.05, 0.1) is 16.6 Å². The van der Waals surface area contributed by atoms with Crippen LogP contribution in [0.5, 0.6) is 6.01 Å². The number of benzene rings is 2. The van der Waals surface area contributed by atoms with Crippen LogP contribution < -0.4 is 9.64 Å². The zero-order valence-electron chi connectivity index (χ0n) is 28.1. The van der Waals surface area contributed by atoms with Gasteiger partial charge < -0.3 is 14.5 Å². The first-order chi connectivity index (χ1) is 24.3. The predicted octanol–water partition coefficient (Wildman–Crippen LogP) is 6.35. The van der Waals surface area contributed by atoms with Gasteiger partial charge in [-0.1, -0.05) is 41.9 Å². The van der Waals surface area contributed by atoms with Gasteiger partial charge in [-0.2, -0.15) is 9.97 Å². The highest BCUT2D eigenvalue weighted by Gasteiger charge is 2.45. The number of amides is 1. The fraction of sp³-hybridized carbons (Fsp3) is 0.368. The Balaban J connectivity index is 1.08. The summed E-state index contributed by atoms with van der Waals surface area (Å²) >= 11 is 6.63. The average Bonchev–Trinajstić information content (AvgIpc) is 3.68. The molecule has 1 amide bonds. The van der Waals surface area contributed by atoms with Gasteiger partial charge >= 0.3 is 6.01 Å². The fourth-order valence-corrected chi connectivity index (χ4v) is 8.17. The van der Waals surface area contributed by atoms with Crippen LogP contribution in [0.2, 0.25) is 5.02 Å². The molecule has 6 heterocycles. The van der Waals surface area contributed by atoms with Gasteiger partial charge in [0.25, 0.3) is 0 Å². The second kappa shape index (κ2) is 13.2. The van der Waals surface area contributed by atoms with Crippen molar-refractivity contribution in [2.24, 2.45) is 5.92 Å². The SMILES string of the molecule is Cc1nccc(/C=C/C(=O)N2CC(CN(C)c3nc(OCC45CCCN4CCC5)nc4c(F)c(-c5cccc6cccc(Cl)c56)ncc34)C2)n1. The quantitative estimate of drug-likeness (QED) is 0.164. The summed E-state index contributed by atoms with van der Waals surface area (Å²) in [5.74, 6) is 0.773. The van der Waals surface area contributed by atoms with Gasteiger partial charge in [0.1, 0.15) is 29.5 Å². The molecule has 12 heteroatoms. The number of anilines is 1. The Morgan fingerprint density at radius 1 is 1.08 bits per heavy atom. The summed E-state index contributed by atoms with van der Waals surface area (Å²) in [6.07, 6.45) is 11.0. The maximum absolute atomic E-state index is 16.8.